The molecule has 1 fully saturated rings. The molecule has 0 spiro atoms. The van der Waals surface area contributed by atoms with Gasteiger partial charge in [0.1, 0.15) is 24.0 Å². The van der Waals surface area contributed by atoms with E-state index in [1.54, 1.807) is 4.90 Å². The molecule has 35 heavy (non-hydrogen) atoms. The van der Waals surface area contributed by atoms with Crippen LogP contribution in [0, 0.1) is 5.92 Å². The van der Waals surface area contributed by atoms with Crippen LogP contribution in [0.5, 0.6) is 5.75 Å². The van der Waals surface area contributed by atoms with E-state index in [0.29, 0.717) is 13.0 Å². The molecular weight excluding hydrogens is 438 g/mol. The van der Waals surface area contributed by atoms with Gasteiger partial charge in [-0.05, 0) is 74.6 Å². The highest BCUT2D eigenvalue weighted by Crippen LogP contribution is 2.37. The minimum atomic E-state index is -0.664. The predicted molar refractivity (Wildman–Crippen MR) is 137 cm³/mol. The third-order valence-electron chi connectivity index (χ3n) is 6.09. The normalized spacial score (nSPS) is 17.6. The predicted octanol–water partition coefficient (Wildman–Crippen LogP) is 5.74. The van der Waals surface area contributed by atoms with Crippen LogP contribution in [0.25, 0.3) is 0 Å². The Kier molecular flexibility index (Phi) is 7.25. The minimum absolute atomic E-state index is 0.0688. The molecule has 2 atom stereocenters. The Balaban J connectivity index is 1.52. The second-order valence-electron chi connectivity index (χ2n) is 9.94. The molecule has 3 aromatic rings. The third-order valence-corrected chi connectivity index (χ3v) is 6.09. The standard InChI is InChI=1S/C30H33NO4/c1-5-21-14-16-24(17-15-21)31-27(29(33)35-30(2,3)4)26(28(31)32)19-23-12-9-13-25(18-23)34-20-22-10-7-6-8-11-22/h6-18,26-27H,5,19-20H2,1-4H3/t26-,27-/m0/s1. The maximum Gasteiger partial charge on any atom is 0.330 e. The number of ether oxygens (including phenoxy) is 2. The third kappa shape index (κ3) is 5.91. The van der Waals surface area contributed by atoms with Crippen molar-refractivity contribution in [3.63, 3.8) is 0 Å². The van der Waals surface area contributed by atoms with E-state index in [9.17, 15) is 9.59 Å². The number of amides is 1. The number of aryl methyl sites for hydroxylation is 1. The molecule has 4 rings (SSSR count). The van der Waals surface area contributed by atoms with E-state index in [1.165, 1.54) is 5.56 Å². The zero-order valence-electron chi connectivity index (χ0n) is 20.9. The summed E-state index contributed by atoms with van der Waals surface area (Å²) in [5.41, 5.74) is 3.30. The lowest BCUT2D eigenvalue weighted by Gasteiger charge is -2.46. The Morgan fingerprint density at radius 1 is 0.886 bits per heavy atom. The second-order valence-corrected chi connectivity index (χ2v) is 9.94. The molecule has 0 radical (unpaired) electrons. The number of nitrogens with zero attached hydrogens (tertiary/aromatic N) is 1. The smallest absolute Gasteiger partial charge is 0.330 e. The molecule has 3 aromatic carbocycles. The average molecular weight is 472 g/mol. The summed E-state index contributed by atoms with van der Waals surface area (Å²) in [6, 6.07) is 24.8. The van der Waals surface area contributed by atoms with Crippen molar-refractivity contribution >= 4 is 17.6 Å². The first-order chi connectivity index (χ1) is 16.7. The number of carbonyl (C=O) groups excluding carboxylic acids is 2. The Morgan fingerprint density at radius 3 is 2.23 bits per heavy atom. The SMILES string of the molecule is CCc1ccc(N2C(=O)[C@@H](Cc3cccc(OCc4ccccc4)c3)[C@H]2C(=O)OC(C)(C)C)cc1. The number of anilines is 1. The van der Waals surface area contributed by atoms with Gasteiger partial charge in [-0.2, -0.15) is 0 Å². The maximum atomic E-state index is 13.3. The Labute approximate surface area is 207 Å². The van der Waals surface area contributed by atoms with Crippen LogP contribution in [-0.4, -0.2) is 23.5 Å². The highest BCUT2D eigenvalue weighted by Gasteiger charge is 2.53. The van der Waals surface area contributed by atoms with Crippen LogP contribution in [0.15, 0.2) is 78.9 Å². The summed E-state index contributed by atoms with van der Waals surface area (Å²) in [5.74, 6) is -0.196. The molecule has 0 aromatic heterocycles. The monoisotopic (exact) mass is 471 g/mol. The van der Waals surface area contributed by atoms with Gasteiger partial charge in [-0.3, -0.25) is 9.69 Å². The van der Waals surface area contributed by atoms with Gasteiger partial charge in [-0.15, -0.1) is 0 Å². The van der Waals surface area contributed by atoms with Crippen molar-refractivity contribution in [3.8, 4) is 5.75 Å². The van der Waals surface area contributed by atoms with Gasteiger partial charge in [0.15, 0.2) is 0 Å². The summed E-state index contributed by atoms with van der Waals surface area (Å²) in [4.78, 5) is 28.0. The van der Waals surface area contributed by atoms with Crippen LogP contribution in [-0.2, 0) is 33.8 Å². The van der Waals surface area contributed by atoms with E-state index < -0.39 is 17.6 Å². The largest absolute Gasteiger partial charge is 0.489 e. The van der Waals surface area contributed by atoms with Crippen molar-refractivity contribution in [2.24, 2.45) is 5.92 Å². The van der Waals surface area contributed by atoms with Crippen molar-refractivity contribution in [2.45, 2.75) is 58.8 Å². The topological polar surface area (TPSA) is 55.8 Å². The van der Waals surface area contributed by atoms with Gasteiger partial charge in [-0.1, -0.05) is 61.5 Å². The summed E-state index contributed by atoms with van der Waals surface area (Å²) in [5, 5.41) is 0. The van der Waals surface area contributed by atoms with E-state index in [0.717, 1.165) is 29.0 Å². The van der Waals surface area contributed by atoms with Crippen LogP contribution in [0.4, 0.5) is 5.69 Å². The van der Waals surface area contributed by atoms with Crippen molar-refractivity contribution in [1.82, 2.24) is 0 Å². The number of hydrogen-bond acceptors (Lipinski definition) is 4. The highest BCUT2D eigenvalue weighted by atomic mass is 16.6. The van der Waals surface area contributed by atoms with Crippen LogP contribution in [0.1, 0.15) is 44.4 Å². The van der Waals surface area contributed by atoms with E-state index in [1.807, 2.05) is 99.6 Å². The zero-order chi connectivity index (χ0) is 25.0. The molecule has 0 unspecified atom stereocenters. The first-order valence-corrected chi connectivity index (χ1v) is 12.2. The number of benzene rings is 3. The number of rotatable bonds is 8. The first-order valence-electron chi connectivity index (χ1n) is 12.2. The number of hydrogen-bond donors (Lipinski definition) is 0. The molecule has 1 saturated heterocycles. The fraction of sp³-hybridized carbons (Fsp3) is 0.333. The fourth-order valence-corrected chi connectivity index (χ4v) is 4.32. The molecule has 182 valence electrons. The van der Waals surface area contributed by atoms with Crippen LogP contribution in [0.2, 0.25) is 0 Å². The molecule has 0 saturated carbocycles. The van der Waals surface area contributed by atoms with Crippen LogP contribution >= 0.6 is 0 Å². The average Bonchev–Trinajstić information content (AvgIpc) is 2.84. The summed E-state index contributed by atoms with van der Waals surface area (Å²) < 4.78 is 11.7. The molecule has 1 aliphatic heterocycles. The quantitative estimate of drug-likeness (QED) is 0.310. The van der Waals surface area contributed by atoms with Gasteiger partial charge < -0.3 is 9.47 Å². The lowest BCUT2D eigenvalue weighted by Crippen LogP contribution is -2.66. The van der Waals surface area contributed by atoms with Crippen molar-refractivity contribution in [1.29, 1.82) is 0 Å². The van der Waals surface area contributed by atoms with E-state index >= 15 is 0 Å². The Bertz CT molecular complexity index is 1160. The molecule has 0 N–H and O–H groups in total. The first kappa shape index (κ1) is 24.5. The number of esters is 1. The van der Waals surface area contributed by atoms with E-state index in [-0.39, 0.29) is 11.9 Å². The number of carbonyl (C=O) groups is 2. The minimum Gasteiger partial charge on any atom is -0.489 e. The van der Waals surface area contributed by atoms with Gasteiger partial charge in [0, 0.05) is 5.69 Å². The van der Waals surface area contributed by atoms with Crippen LogP contribution < -0.4 is 9.64 Å². The molecule has 1 heterocycles. The zero-order valence-corrected chi connectivity index (χ0v) is 20.9. The molecule has 0 bridgehead atoms. The van der Waals surface area contributed by atoms with Crippen molar-refractivity contribution in [3.05, 3.63) is 95.6 Å². The van der Waals surface area contributed by atoms with Crippen molar-refractivity contribution < 1.29 is 19.1 Å². The summed E-state index contributed by atoms with van der Waals surface area (Å²) in [6.45, 7) is 8.08. The lowest BCUT2D eigenvalue weighted by molar-refractivity contribution is -0.163. The molecule has 1 aliphatic rings. The summed E-state index contributed by atoms with van der Waals surface area (Å²) in [7, 11) is 0. The van der Waals surface area contributed by atoms with E-state index in [4.69, 9.17) is 9.47 Å². The molecule has 0 aliphatic carbocycles. The molecular formula is C30H33NO4. The summed E-state index contributed by atoms with van der Waals surface area (Å²) in [6.07, 6.45) is 1.35. The van der Waals surface area contributed by atoms with Gasteiger partial charge in [0.05, 0.1) is 5.92 Å². The Hall–Kier alpha value is -3.60. The highest BCUT2D eigenvalue weighted by molar-refractivity contribution is 6.10. The van der Waals surface area contributed by atoms with Crippen LogP contribution in [0.3, 0.4) is 0 Å². The van der Waals surface area contributed by atoms with Gasteiger partial charge in [0.2, 0.25) is 5.91 Å². The molecule has 5 nitrogen and oxygen atoms in total. The van der Waals surface area contributed by atoms with Crippen molar-refractivity contribution in [2.75, 3.05) is 4.90 Å². The maximum absolute atomic E-state index is 13.3. The van der Waals surface area contributed by atoms with Gasteiger partial charge >= 0.3 is 5.97 Å². The van der Waals surface area contributed by atoms with Gasteiger partial charge in [-0.25, -0.2) is 4.79 Å². The molecule has 5 heteroatoms. The molecule has 1 amide bonds. The number of β-lactam (4-membered cyclic amide) rings is 1. The van der Waals surface area contributed by atoms with Gasteiger partial charge in [0.25, 0.3) is 0 Å². The van der Waals surface area contributed by atoms with E-state index in [2.05, 4.69) is 6.92 Å². The lowest BCUT2D eigenvalue weighted by atomic mass is 9.81. The second kappa shape index (κ2) is 10.3. The fourth-order valence-electron chi connectivity index (χ4n) is 4.32. The Morgan fingerprint density at radius 2 is 1.57 bits per heavy atom. The summed E-state index contributed by atoms with van der Waals surface area (Å²) >= 11 is 0.